The number of amides is 1. The third kappa shape index (κ3) is 6.75. The lowest BCUT2D eigenvalue weighted by molar-refractivity contribution is -0.121. The molecule has 158 valence electrons. The van der Waals surface area contributed by atoms with Crippen molar-refractivity contribution in [3.8, 4) is 0 Å². The van der Waals surface area contributed by atoms with Gasteiger partial charge in [-0.3, -0.25) is 9.10 Å². The summed E-state index contributed by atoms with van der Waals surface area (Å²) in [5, 5.41) is 3.62. The summed E-state index contributed by atoms with van der Waals surface area (Å²) in [4.78, 5) is 12.5. The first-order chi connectivity index (χ1) is 13.6. The van der Waals surface area contributed by atoms with Gasteiger partial charge in [0.25, 0.3) is 0 Å². The summed E-state index contributed by atoms with van der Waals surface area (Å²) in [5.74, 6) is -0.0821. The fraction of sp³-hybridized carbons (Fsp3) is 0.409. The van der Waals surface area contributed by atoms with Gasteiger partial charge in [-0.15, -0.1) is 0 Å². The largest absolute Gasteiger partial charge is 0.349 e. The van der Waals surface area contributed by atoms with Gasteiger partial charge in [-0.1, -0.05) is 42.3 Å². The van der Waals surface area contributed by atoms with Gasteiger partial charge in [0.2, 0.25) is 15.9 Å². The maximum absolute atomic E-state index is 12.5. The van der Waals surface area contributed by atoms with E-state index in [1.54, 1.807) is 24.3 Å². The van der Waals surface area contributed by atoms with Gasteiger partial charge in [0, 0.05) is 18.0 Å². The van der Waals surface area contributed by atoms with Crippen LogP contribution in [0.3, 0.4) is 0 Å². The van der Waals surface area contributed by atoms with Crippen LogP contribution in [0, 0.1) is 13.8 Å². The maximum atomic E-state index is 12.5. The Bertz CT molecular complexity index is 943. The highest BCUT2D eigenvalue weighted by molar-refractivity contribution is 7.92. The van der Waals surface area contributed by atoms with Crippen LogP contribution in [0.4, 0.5) is 5.69 Å². The summed E-state index contributed by atoms with van der Waals surface area (Å²) in [6, 6.07) is 12.8. The number of aryl methyl sites for hydroxylation is 2. The molecule has 1 N–H and O–H groups in total. The fourth-order valence-electron chi connectivity index (χ4n) is 3.36. The topological polar surface area (TPSA) is 66.5 Å². The number of sulfonamides is 1. The molecule has 0 heterocycles. The van der Waals surface area contributed by atoms with Crippen LogP contribution < -0.4 is 9.62 Å². The summed E-state index contributed by atoms with van der Waals surface area (Å²) in [5.41, 5.74) is 4.00. The average Bonchev–Trinajstić information content (AvgIpc) is 2.64. The standard InChI is InChI=1S/C22H29ClN2O3S/c1-5-21(20-13-8-16(2)15-17(20)3)24-22(26)7-6-14-25(29(4,27)28)19-11-9-18(23)10-12-19/h8-13,15,21H,5-7,14H2,1-4H3,(H,24,26). The molecule has 1 amide bonds. The van der Waals surface area contributed by atoms with Crippen molar-refractivity contribution in [2.75, 3.05) is 17.1 Å². The second kappa shape index (κ2) is 10.1. The van der Waals surface area contributed by atoms with Gasteiger partial charge < -0.3 is 5.32 Å². The zero-order valence-electron chi connectivity index (χ0n) is 17.4. The molecule has 0 aliphatic carbocycles. The monoisotopic (exact) mass is 436 g/mol. The van der Waals surface area contributed by atoms with Crippen LogP contribution in [0.1, 0.15) is 48.9 Å². The third-order valence-corrected chi connectivity index (χ3v) is 6.27. The molecule has 0 saturated heterocycles. The molecule has 2 rings (SSSR count). The molecule has 0 fully saturated rings. The zero-order chi connectivity index (χ0) is 21.6. The van der Waals surface area contributed by atoms with Crippen molar-refractivity contribution < 1.29 is 13.2 Å². The molecule has 0 aliphatic rings. The van der Waals surface area contributed by atoms with Crippen LogP contribution in [0.15, 0.2) is 42.5 Å². The summed E-state index contributed by atoms with van der Waals surface area (Å²) in [6.07, 6.45) is 2.62. The smallest absolute Gasteiger partial charge is 0.232 e. The highest BCUT2D eigenvalue weighted by Crippen LogP contribution is 2.23. The fourth-order valence-corrected chi connectivity index (χ4v) is 4.45. The Morgan fingerprint density at radius 1 is 1.14 bits per heavy atom. The first kappa shape index (κ1) is 23.2. The molecule has 2 aromatic carbocycles. The Balaban J connectivity index is 1.98. The molecular weight excluding hydrogens is 408 g/mol. The zero-order valence-corrected chi connectivity index (χ0v) is 19.0. The predicted octanol–water partition coefficient (Wildman–Crippen LogP) is 4.77. The number of rotatable bonds is 9. The van der Waals surface area contributed by atoms with E-state index in [4.69, 9.17) is 11.6 Å². The molecular formula is C22H29ClN2O3S. The minimum atomic E-state index is -3.45. The number of nitrogens with one attached hydrogen (secondary N) is 1. The van der Waals surface area contributed by atoms with Gasteiger partial charge in [-0.2, -0.15) is 0 Å². The number of hydrogen-bond acceptors (Lipinski definition) is 3. The highest BCUT2D eigenvalue weighted by Gasteiger charge is 2.19. The Kier molecular flexibility index (Phi) is 8.11. The Hall–Kier alpha value is -2.05. The Morgan fingerprint density at radius 3 is 2.34 bits per heavy atom. The second-order valence-corrected chi connectivity index (χ2v) is 9.65. The summed E-state index contributed by atoms with van der Waals surface area (Å²) < 4.78 is 25.6. The molecule has 1 atom stereocenters. The van der Waals surface area contributed by atoms with Crippen molar-refractivity contribution in [2.24, 2.45) is 0 Å². The van der Waals surface area contributed by atoms with E-state index in [2.05, 4.69) is 17.4 Å². The van der Waals surface area contributed by atoms with E-state index in [1.165, 1.54) is 9.87 Å². The summed E-state index contributed by atoms with van der Waals surface area (Å²) in [6.45, 7) is 6.36. The van der Waals surface area contributed by atoms with Gasteiger partial charge in [-0.05, 0) is 62.1 Å². The number of carbonyl (C=O) groups is 1. The number of hydrogen-bond donors (Lipinski definition) is 1. The minimum Gasteiger partial charge on any atom is -0.349 e. The maximum Gasteiger partial charge on any atom is 0.232 e. The number of halogens is 1. The van der Waals surface area contributed by atoms with Crippen LogP contribution >= 0.6 is 11.6 Å². The van der Waals surface area contributed by atoms with Crippen molar-refractivity contribution in [2.45, 2.75) is 46.1 Å². The van der Waals surface area contributed by atoms with E-state index in [0.717, 1.165) is 23.8 Å². The molecule has 5 nitrogen and oxygen atoms in total. The average molecular weight is 437 g/mol. The molecule has 0 aromatic heterocycles. The molecule has 29 heavy (non-hydrogen) atoms. The highest BCUT2D eigenvalue weighted by atomic mass is 35.5. The van der Waals surface area contributed by atoms with Gasteiger partial charge in [0.1, 0.15) is 0 Å². The minimum absolute atomic E-state index is 0.0506. The number of anilines is 1. The van der Waals surface area contributed by atoms with Crippen molar-refractivity contribution in [3.63, 3.8) is 0 Å². The lowest BCUT2D eigenvalue weighted by Gasteiger charge is -2.23. The van der Waals surface area contributed by atoms with E-state index in [9.17, 15) is 13.2 Å². The van der Waals surface area contributed by atoms with Crippen LogP contribution in [0.5, 0.6) is 0 Å². The van der Waals surface area contributed by atoms with Gasteiger partial charge in [-0.25, -0.2) is 8.42 Å². The third-order valence-electron chi connectivity index (χ3n) is 4.82. The second-order valence-electron chi connectivity index (χ2n) is 7.30. The normalized spacial score (nSPS) is 12.4. The van der Waals surface area contributed by atoms with Crippen molar-refractivity contribution in [3.05, 3.63) is 64.2 Å². The Labute approximate surface area is 179 Å². The van der Waals surface area contributed by atoms with E-state index in [1.807, 2.05) is 26.8 Å². The number of benzene rings is 2. The van der Waals surface area contributed by atoms with Gasteiger partial charge in [0.05, 0.1) is 18.0 Å². The lowest BCUT2D eigenvalue weighted by atomic mass is 9.97. The number of carbonyl (C=O) groups excluding carboxylic acids is 1. The van der Waals surface area contributed by atoms with Crippen LogP contribution in [0.2, 0.25) is 5.02 Å². The molecule has 0 bridgehead atoms. The predicted molar refractivity (Wildman–Crippen MR) is 120 cm³/mol. The Morgan fingerprint density at radius 2 is 1.79 bits per heavy atom. The van der Waals surface area contributed by atoms with Crippen LogP contribution in [-0.2, 0) is 14.8 Å². The molecule has 7 heteroatoms. The van der Waals surface area contributed by atoms with Gasteiger partial charge >= 0.3 is 0 Å². The lowest BCUT2D eigenvalue weighted by Crippen LogP contribution is -2.33. The molecule has 0 spiro atoms. The SMILES string of the molecule is CCC(NC(=O)CCCN(c1ccc(Cl)cc1)S(C)(=O)=O)c1ccc(C)cc1C. The van der Waals surface area contributed by atoms with E-state index >= 15 is 0 Å². The first-order valence-corrected chi connectivity index (χ1v) is 11.9. The number of nitrogens with zero attached hydrogens (tertiary/aromatic N) is 1. The molecule has 0 saturated carbocycles. The van der Waals surface area contributed by atoms with Crippen molar-refractivity contribution >= 4 is 33.2 Å². The van der Waals surface area contributed by atoms with E-state index in [-0.39, 0.29) is 24.9 Å². The quantitative estimate of drug-likeness (QED) is 0.615. The van der Waals surface area contributed by atoms with Crippen LogP contribution in [0.25, 0.3) is 0 Å². The summed E-state index contributed by atoms with van der Waals surface area (Å²) >= 11 is 5.89. The molecule has 0 aliphatic heterocycles. The molecule has 0 radical (unpaired) electrons. The first-order valence-electron chi connectivity index (χ1n) is 9.71. The van der Waals surface area contributed by atoms with Crippen LogP contribution in [-0.4, -0.2) is 27.1 Å². The van der Waals surface area contributed by atoms with Crippen molar-refractivity contribution in [1.82, 2.24) is 5.32 Å². The summed E-state index contributed by atoms with van der Waals surface area (Å²) in [7, 11) is -3.45. The van der Waals surface area contributed by atoms with E-state index in [0.29, 0.717) is 17.1 Å². The van der Waals surface area contributed by atoms with Gasteiger partial charge in [0.15, 0.2) is 0 Å². The molecule has 2 aromatic rings. The van der Waals surface area contributed by atoms with Crippen molar-refractivity contribution in [1.29, 1.82) is 0 Å². The molecule has 1 unspecified atom stereocenters. The van der Waals surface area contributed by atoms with E-state index < -0.39 is 10.0 Å².